The molecule has 2 N–H and O–H groups in total. The molecule has 3 aromatic rings. The van der Waals surface area contributed by atoms with E-state index in [-0.39, 0.29) is 5.91 Å². The van der Waals surface area contributed by atoms with E-state index >= 15 is 0 Å². The minimum absolute atomic E-state index is 0.00645. The Kier molecular flexibility index (Phi) is 5.35. The standard InChI is InChI=1S/C23H22BrN3O/c1-16-13-14-27(22-10-6-5-9-20(22)25-16)23(28)17-11-12-19(24)21(15-17)26-18-7-3-2-4-8-18/h2-12,15-16,25-26H,13-14H2,1H3. The minimum atomic E-state index is 0.00645. The van der Waals surface area contributed by atoms with Gasteiger partial charge in [-0.3, -0.25) is 4.79 Å². The van der Waals surface area contributed by atoms with Crippen molar-refractivity contribution in [2.75, 3.05) is 22.1 Å². The highest BCUT2D eigenvalue weighted by molar-refractivity contribution is 9.10. The van der Waals surface area contributed by atoms with Crippen LogP contribution in [0, 0.1) is 0 Å². The van der Waals surface area contributed by atoms with Crippen molar-refractivity contribution < 1.29 is 4.79 Å². The van der Waals surface area contributed by atoms with Crippen molar-refractivity contribution in [2.45, 2.75) is 19.4 Å². The Morgan fingerprint density at radius 2 is 1.82 bits per heavy atom. The van der Waals surface area contributed by atoms with Gasteiger partial charge in [-0.2, -0.15) is 0 Å². The number of benzene rings is 3. The first-order valence-electron chi connectivity index (χ1n) is 9.41. The second kappa shape index (κ2) is 8.07. The monoisotopic (exact) mass is 435 g/mol. The van der Waals surface area contributed by atoms with Gasteiger partial charge in [0.05, 0.1) is 17.1 Å². The van der Waals surface area contributed by atoms with Gasteiger partial charge < -0.3 is 15.5 Å². The van der Waals surface area contributed by atoms with Gasteiger partial charge in [0.25, 0.3) is 5.91 Å². The molecule has 0 saturated carbocycles. The predicted octanol–water partition coefficient (Wildman–Crippen LogP) is 6.04. The summed E-state index contributed by atoms with van der Waals surface area (Å²) >= 11 is 3.58. The van der Waals surface area contributed by atoms with E-state index in [1.54, 1.807) is 0 Å². The fraction of sp³-hybridized carbons (Fsp3) is 0.174. The van der Waals surface area contributed by atoms with Crippen molar-refractivity contribution in [2.24, 2.45) is 0 Å². The van der Waals surface area contributed by atoms with Gasteiger partial charge in [-0.15, -0.1) is 0 Å². The van der Waals surface area contributed by atoms with Crippen LogP contribution in [0.1, 0.15) is 23.7 Å². The molecule has 4 rings (SSSR count). The van der Waals surface area contributed by atoms with E-state index in [1.807, 2.05) is 77.7 Å². The van der Waals surface area contributed by atoms with Crippen molar-refractivity contribution >= 4 is 44.6 Å². The van der Waals surface area contributed by atoms with Crippen LogP contribution in [0.15, 0.2) is 77.3 Å². The lowest BCUT2D eigenvalue weighted by Gasteiger charge is -2.23. The number of nitrogens with one attached hydrogen (secondary N) is 2. The summed E-state index contributed by atoms with van der Waals surface area (Å²) in [4.78, 5) is 15.3. The van der Waals surface area contributed by atoms with Gasteiger partial charge in [0.1, 0.15) is 0 Å². The molecular weight excluding hydrogens is 414 g/mol. The number of anilines is 4. The first-order valence-corrected chi connectivity index (χ1v) is 10.2. The zero-order valence-electron chi connectivity index (χ0n) is 15.7. The van der Waals surface area contributed by atoms with Crippen molar-refractivity contribution in [3.05, 3.63) is 82.8 Å². The summed E-state index contributed by atoms with van der Waals surface area (Å²) in [5.41, 5.74) is 4.43. The van der Waals surface area contributed by atoms with Crippen LogP contribution in [0.3, 0.4) is 0 Å². The van der Waals surface area contributed by atoms with Crippen molar-refractivity contribution in [3.8, 4) is 0 Å². The molecular formula is C23H22BrN3O. The molecule has 1 unspecified atom stereocenters. The molecule has 142 valence electrons. The van der Waals surface area contributed by atoms with Gasteiger partial charge in [-0.05, 0) is 71.7 Å². The normalized spacial score (nSPS) is 15.9. The van der Waals surface area contributed by atoms with E-state index in [2.05, 4.69) is 33.5 Å². The highest BCUT2D eigenvalue weighted by atomic mass is 79.9. The first kappa shape index (κ1) is 18.6. The number of hydrogen-bond acceptors (Lipinski definition) is 3. The smallest absolute Gasteiger partial charge is 0.258 e. The molecule has 1 heterocycles. The lowest BCUT2D eigenvalue weighted by atomic mass is 10.1. The quantitative estimate of drug-likeness (QED) is 0.526. The number of amides is 1. The molecule has 0 radical (unpaired) electrons. The number of halogens is 1. The predicted molar refractivity (Wildman–Crippen MR) is 120 cm³/mol. The molecule has 5 heteroatoms. The lowest BCUT2D eigenvalue weighted by Crippen LogP contribution is -2.32. The Bertz CT molecular complexity index is 990. The van der Waals surface area contributed by atoms with Crippen molar-refractivity contribution in [3.63, 3.8) is 0 Å². The Morgan fingerprint density at radius 1 is 1.07 bits per heavy atom. The summed E-state index contributed by atoms with van der Waals surface area (Å²) in [6.07, 6.45) is 0.895. The Balaban J connectivity index is 1.66. The van der Waals surface area contributed by atoms with Gasteiger partial charge in [-0.1, -0.05) is 30.3 Å². The number of fused-ring (bicyclic) bond motifs is 1. The number of nitrogens with zero attached hydrogens (tertiary/aromatic N) is 1. The second-order valence-corrected chi connectivity index (χ2v) is 7.85. The van der Waals surface area contributed by atoms with E-state index in [9.17, 15) is 4.79 Å². The molecule has 0 fully saturated rings. The van der Waals surface area contributed by atoms with Crippen LogP contribution in [0.4, 0.5) is 22.7 Å². The molecule has 0 aromatic heterocycles. The van der Waals surface area contributed by atoms with Gasteiger partial charge in [0.15, 0.2) is 0 Å². The Hall–Kier alpha value is -2.79. The maximum Gasteiger partial charge on any atom is 0.258 e. The minimum Gasteiger partial charge on any atom is -0.381 e. The maximum absolute atomic E-state index is 13.4. The Morgan fingerprint density at radius 3 is 2.64 bits per heavy atom. The highest BCUT2D eigenvalue weighted by Gasteiger charge is 2.24. The average molecular weight is 436 g/mol. The van der Waals surface area contributed by atoms with Crippen molar-refractivity contribution in [1.82, 2.24) is 0 Å². The molecule has 1 aliphatic rings. The summed E-state index contributed by atoms with van der Waals surface area (Å²) in [6, 6.07) is 23.9. The molecule has 3 aromatic carbocycles. The van der Waals surface area contributed by atoms with E-state index < -0.39 is 0 Å². The summed E-state index contributed by atoms with van der Waals surface area (Å²) in [5, 5.41) is 6.88. The van der Waals surface area contributed by atoms with Crippen LogP contribution in [-0.2, 0) is 0 Å². The summed E-state index contributed by atoms with van der Waals surface area (Å²) in [5.74, 6) is 0.00645. The molecule has 0 saturated heterocycles. The molecule has 0 spiro atoms. The maximum atomic E-state index is 13.4. The van der Waals surface area contributed by atoms with Crippen LogP contribution >= 0.6 is 15.9 Å². The number of carbonyl (C=O) groups excluding carboxylic acids is 1. The summed E-state index contributed by atoms with van der Waals surface area (Å²) in [6.45, 7) is 2.83. The molecule has 1 amide bonds. The average Bonchev–Trinajstić information content (AvgIpc) is 2.88. The van der Waals surface area contributed by atoms with E-state index in [0.717, 1.165) is 33.6 Å². The van der Waals surface area contributed by atoms with Crippen LogP contribution < -0.4 is 15.5 Å². The Labute approximate surface area is 173 Å². The van der Waals surface area contributed by atoms with Crippen LogP contribution in [0.2, 0.25) is 0 Å². The zero-order valence-corrected chi connectivity index (χ0v) is 17.2. The molecule has 0 aliphatic carbocycles. The van der Waals surface area contributed by atoms with E-state index in [4.69, 9.17) is 0 Å². The fourth-order valence-electron chi connectivity index (χ4n) is 3.41. The molecule has 1 atom stereocenters. The van der Waals surface area contributed by atoms with Gasteiger partial charge in [0.2, 0.25) is 0 Å². The third-order valence-electron chi connectivity index (χ3n) is 4.89. The van der Waals surface area contributed by atoms with Crippen LogP contribution in [0.5, 0.6) is 0 Å². The van der Waals surface area contributed by atoms with Crippen LogP contribution in [-0.4, -0.2) is 18.5 Å². The molecule has 0 bridgehead atoms. The molecule has 4 nitrogen and oxygen atoms in total. The first-order chi connectivity index (χ1) is 13.6. The van der Waals surface area contributed by atoms with Gasteiger partial charge in [-0.25, -0.2) is 0 Å². The highest BCUT2D eigenvalue weighted by Crippen LogP contribution is 2.32. The van der Waals surface area contributed by atoms with E-state index in [1.165, 1.54) is 0 Å². The number of rotatable bonds is 3. The van der Waals surface area contributed by atoms with Gasteiger partial charge >= 0.3 is 0 Å². The van der Waals surface area contributed by atoms with E-state index in [0.29, 0.717) is 18.2 Å². The largest absolute Gasteiger partial charge is 0.381 e. The zero-order chi connectivity index (χ0) is 19.5. The van der Waals surface area contributed by atoms with Crippen LogP contribution in [0.25, 0.3) is 0 Å². The SMILES string of the molecule is CC1CCN(C(=O)c2ccc(Br)c(Nc3ccccc3)c2)c2ccccc2N1. The summed E-state index contributed by atoms with van der Waals surface area (Å²) in [7, 11) is 0. The number of carbonyl (C=O) groups is 1. The van der Waals surface area contributed by atoms with Crippen molar-refractivity contribution in [1.29, 1.82) is 0 Å². The molecule has 1 aliphatic heterocycles. The molecule has 28 heavy (non-hydrogen) atoms. The second-order valence-electron chi connectivity index (χ2n) is 6.99. The number of hydrogen-bond donors (Lipinski definition) is 2. The third-order valence-corrected chi connectivity index (χ3v) is 5.59. The summed E-state index contributed by atoms with van der Waals surface area (Å²) < 4.78 is 0.916. The van der Waals surface area contributed by atoms with Gasteiger partial charge in [0, 0.05) is 28.3 Å². The topological polar surface area (TPSA) is 44.4 Å². The lowest BCUT2D eigenvalue weighted by molar-refractivity contribution is 0.0987. The third kappa shape index (κ3) is 3.90. The fourth-order valence-corrected chi connectivity index (χ4v) is 3.76. The number of para-hydroxylation sites is 3.